The third kappa shape index (κ3) is 4.69. The molecular formula is C16H19NOS2. The van der Waals surface area contributed by atoms with Gasteiger partial charge in [0.2, 0.25) is 0 Å². The highest BCUT2D eigenvalue weighted by molar-refractivity contribution is 7.98. The van der Waals surface area contributed by atoms with Crippen molar-refractivity contribution in [3.8, 4) is 0 Å². The monoisotopic (exact) mass is 305 g/mol. The van der Waals surface area contributed by atoms with Crippen LogP contribution in [0.1, 0.15) is 25.7 Å². The molecule has 2 rings (SSSR count). The van der Waals surface area contributed by atoms with E-state index in [0.717, 1.165) is 16.4 Å². The summed E-state index contributed by atoms with van der Waals surface area (Å²) in [5.74, 6) is 1.97. The van der Waals surface area contributed by atoms with Crippen LogP contribution >= 0.6 is 23.1 Å². The number of carbonyl (C=O) groups excluding carboxylic acids is 1. The molecular weight excluding hydrogens is 286 g/mol. The second-order valence-electron chi connectivity index (χ2n) is 4.70. The van der Waals surface area contributed by atoms with E-state index in [-0.39, 0.29) is 5.91 Å². The van der Waals surface area contributed by atoms with Gasteiger partial charge in [-0.3, -0.25) is 4.79 Å². The van der Waals surface area contributed by atoms with Crippen LogP contribution in [0, 0.1) is 13.8 Å². The molecule has 0 spiro atoms. The van der Waals surface area contributed by atoms with E-state index in [1.54, 1.807) is 0 Å². The van der Waals surface area contributed by atoms with Crippen LogP contribution in [0.5, 0.6) is 0 Å². The van der Waals surface area contributed by atoms with Crippen LogP contribution in [0.4, 0.5) is 0 Å². The van der Waals surface area contributed by atoms with Gasteiger partial charge in [0.05, 0.1) is 4.88 Å². The predicted molar refractivity (Wildman–Crippen MR) is 88.7 cm³/mol. The van der Waals surface area contributed by atoms with E-state index in [9.17, 15) is 4.79 Å². The summed E-state index contributed by atoms with van der Waals surface area (Å²) in [6.07, 6.45) is 0. The highest BCUT2D eigenvalue weighted by atomic mass is 32.2. The highest BCUT2D eigenvalue weighted by Crippen LogP contribution is 2.15. The van der Waals surface area contributed by atoms with Crippen molar-refractivity contribution in [2.45, 2.75) is 19.6 Å². The number of hydrogen-bond donors (Lipinski definition) is 1. The number of nitrogens with one attached hydrogen (secondary N) is 1. The number of rotatable bonds is 6. The maximum Gasteiger partial charge on any atom is 0.261 e. The zero-order chi connectivity index (χ0) is 14.4. The first-order chi connectivity index (χ1) is 9.65. The van der Waals surface area contributed by atoms with E-state index >= 15 is 0 Å². The minimum Gasteiger partial charge on any atom is -0.351 e. The summed E-state index contributed by atoms with van der Waals surface area (Å²) in [5.41, 5.74) is 2.62. The van der Waals surface area contributed by atoms with Gasteiger partial charge in [-0.1, -0.05) is 29.8 Å². The van der Waals surface area contributed by atoms with Crippen LogP contribution in [0.3, 0.4) is 0 Å². The fourth-order valence-corrected chi connectivity index (χ4v) is 3.36. The van der Waals surface area contributed by atoms with Crippen LogP contribution in [-0.2, 0) is 5.75 Å². The van der Waals surface area contributed by atoms with Gasteiger partial charge in [0.15, 0.2) is 0 Å². The quantitative estimate of drug-likeness (QED) is 0.816. The van der Waals surface area contributed by atoms with E-state index in [1.807, 2.05) is 30.8 Å². The molecule has 20 heavy (non-hydrogen) atoms. The molecule has 1 N–H and O–H groups in total. The van der Waals surface area contributed by atoms with E-state index in [4.69, 9.17) is 0 Å². The minimum atomic E-state index is 0.0408. The smallest absolute Gasteiger partial charge is 0.261 e. The Morgan fingerprint density at radius 3 is 2.55 bits per heavy atom. The molecule has 2 aromatic rings. The number of thiophene rings is 1. The number of hydrogen-bond acceptors (Lipinski definition) is 3. The number of aryl methyl sites for hydroxylation is 2. The average molecular weight is 305 g/mol. The van der Waals surface area contributed by atoms with Gasteiger partial charge >= 0.3 is 0 Å². The van der Waals surface area contributed by atoms with E-state index in [0.29, 0.717) is 6.54 Å². The summed E-state index contributed by atoms with van der Waals surface area (Å²) in [4.78, 5) is 13.8. The zero-order valence-electron chi connectivity index (χ0n) is 11.8. The van der Waals surface area contributed by atoms with Crippen LogP contribution in [0.2, 0.25) is 0 Å². The standard InChI is InChI=1S/C16H19NOS2/c1-12-3-6-14(7-4-12)11-19-10-9-17-16(18)15-8-5-13(2)20-15/h3-8H,9-11H2,1-2H3,(H,17,18). The Bertz CT molecular complexity index is 560. The van der Waals surface area contributed by atoms with Crippen LogP contribution in [0.25, 0.3) is 0 Å². The highest BCUT2D eigenvalue weighted by Gasteiger charge is 2.06. The fourth-order valence-electron chi connectivity index (χ4n) is 1.75. The Morgan fingerprint density at radius 1 is 1.15 bits per heavy atom. The molecule has 1 heterocycles. The Kier molecular flexibility index (Phi) is 5.68. The summed E-state index contributed by atoms with van der Waals surface area (Å²) in [6.45, 7) is 4.82. The minimum absolute atomic E-state index is 0.0408. The SMILES string of the molecule is Cc1ccc(CSCCNC(=O)c2ccc(C)s2)cc1. The van der Waals surface area contributed by atoms with Gasteiger partial charge in [-0.15, -0.1) is 11.3 Å². The summed E-state index contributed by atoms with van der Waals surface area (Å²) < 4.78 is 0. The predicted octanol–water partition coefficient (Wildman–Crippen LogP) is 4.03. The van der Waals surface area contributed by atoms with Crippen molar-refractivity contribution in [1.29, 1.82) is 0 Å². The van der Waals surface area contributed by atoms with Gasteiger partial charge in [-0.25, -0.2) is 0 Å². The normalized spacial score (nSPS) is 10.5. The number of benzene rings is 1. The molecule has 0 aliphatic heterocycles. The van der Waals surface area contributed by atoms with E-state index in [1.165, 1.54) is 27.3 Å². The largest absolute Gasteiger partial charge is 0.351 e. The van der Waals surface area contributed by atoms with Crippen molar-refractivity contribution in [2.24, 2.45) is 0 Å². The van der Waals surface area contributed by atoms with Gasteiger partial charge in [0.1, 0.15) is 0 Å². The molecule has 0 radical (unpaired) electrons. The van der Waals surface area contributed by atoms with Crippen LogP contribution in [0.15, 0.2) is 36.4 Å². The number of carbonyl (C=O) groups is 1. The molecule has 0 fully saturated rings. The summed E-state index contributed by atoms with van der Waals surface area (Å²) in [6, 6.07) is 12.5. The second kappa shape index (κ2) is 7.50. The van der Waals surface area contributed by atoms with Crippen molar-refractivity contribution in [2.75, 3.05) is 12.3 Å². The molecule has 1 aromatic heterocycles. The maximum atomic E-state index is 11.8. The van der Waals surface area contributed by atoms with Gasteiger partial charge < -0.3 is 5.32 Å². The lowest BCUT2D eigenvalue weighted by molar-refractivity contribution is 0.0960. The van der Waals surface area contributed by atoms with E-state index < -0.39 is 0 Å². The number of amides is 1. The topological polar surface area (TPSA) is 29.1 Å². The Labute approximate surface area is 128 Å². The van der Waals surface area contributed by atoms with Crippen molar-refractivity contribution in [3.05, 3.63) is 57.3 Å². The van der Waals surface area contributed by atoms with Gasteiger partial charge in [-0.05, 0) is 31.5 Å². The third-order valence-corrected chi connectivity index (χ3v) is 4.92. The maximum absolute atomic E-state index is 11.8. The van der Waals surface area contributed by atoms with Crippen molar-refractivity contribution < 1.29 is 4.79 Å². The lowest BCUT2D eigenvalue weighted by Gasteiger charge is -2.04. The van der Waals surface area contributed by atoms with Gasteiger partial charge in [0, 0.05) is 22.9 Å². The molecule has 0 bridgehead atoms. The Hall–Kier alpha value is -1.26. The number of thioether (sulfide) groups is 1. The summed E-state index contributed by atoms with van der Waals surface area (Å²) in [7, 11) is 0. The summed E-state index contributed by atoms with van der Waals surface area (Å²) in [5, 5.41) is 2.96. The molecule has 0 aliphatic rings. The molecule has 0 atom stereocenters. The van der Waals surface area contributed by atoms with Gasteiger partial charge in [-0.2, -0.15) is 11.8 Å². The molecule has 0 unspecified atom stereocenters. The van der Waals surface area contributed by atoms with E-state index in [2.05, 4.69) is 36.5 Å². The van der Waals surface area contributed by atoms with Crippen molar-refractivity contribution >= 4 is 29.0 Å². The zero-order valence-corrected chi connectivity index (χ0v) is 13.4. The first-order valence-corrected chi connectivity index (χ1v) is 8.60. The van der Waals surface area contributed by atoms with Crippen LogP contribution in [-0.4, -0.2) is 18.2 Å². The first kappa shape index (κ1) is 15.1. The van der Waals surface area contributed by atoms with Crippen molar-refractivity contribution in [3.63, 3.8) is 0 Å². The average Bonchev–Trinajstić information content (AvgIpc) is 2.87. The second-order valence-corrected chi connectivity index (χ2v) is 7.10. The lowest BCUT2D eigenvalue weighted by atomic mass is 10.2. The fraction of sp³-hybridized carbons (Fsp3) is 0.312. The first-order valence-electron chi connectivity index (χ1n) is 6.63. The molecule has 1 amide bonds. The lowest BCUT2D eigenvalue weighted by Crippen LogP contribution is -2.24. The molecule has 106 valence electrons. The Morgan fingerprint density at radius 2 is 1.90 bits per heavy atom. The molecule has 4 heteroatoms. The molecule has 0 aliphatic carbocycles. The molecule has 2 nitrogen and oxygen atoms in total. The van der Waals surface area contributed by atoms with Crippen LogP contribution < -0.4 is 5.32 Å². The third-order valence-electron chi connectivity index (χ3n) is 2.89. The van der Waals surface area contributed by atoms with Crippen molar-refractivity contribution in [1.82, 2.24) is 5.32 Å². The molecule has 1 aromatic carbocycles. The molecule has 0 saturated carbocycles. The summed E-state index contributed by atoms with van der Waals surface area (Å²) >= 11 is 3.38. The van der Waals surface area contributed by atoms with Gasteiger partial charge in [0.25, 0.3) is 5.91 Å². The Balaban J connectivity index is 1.64. The molecule has 0 saturated heterocycles.